The second kappa shape index (κ2) is 14.2. The molecule has 21 N–H and O–H groups in total. The van der Waals surface area contributed by atoms with E-state index in [1.165, 1.54) is 5.32 Å². The summed E-state index contributed by atoms with van der Waals surface area (Å²) in [4.78, 5) is 34.2. The van der Waals surface area contributed by atoms with Crippen LogP contribution in [0, 0.1) is 5.82 Å². The monoisotopic (exact) mass is 814 g/mol. The number of aromatic hydroxyl groups is 4. The van der Waals surface area contributed by atoms with Crippen molar-refractivity contribution in [2.45, 2.75) is 60.1 Å². The molecule has 0 aliphatic carbocycles. The van der Waals surface area contributed by atoms with Crippen LogP contribution in [-0.4, -0.2) is 177 Å². The predicted molar refractivity (Wildman–Crippen MR) is 169 cm³/mol. The fraction of sp³-hybridized carbons (Fsp3) is 0.444. The van der Waals surface area contributed by atoms with Gasteiger partial charge in [0.2, 0.25) is 11.5 Å². The van der Waals surface area contributed by atoms with Crippen molar-refractivity contribution in [2.24, 2.45) is 0 Å². The van der Waals surface area contributed by atoms with Gasteiger partial charge >= 0.3 is 23.8 Å². The van der Waals surface area contributed by atoms with Gasteiger partial charge in [-0.05, 0) is 7.05 Å². The molecule has 0 radical (unpaired) electrons. The number of aldehydes is 2. The summed E-state index contributed by atoms with van der Waals surface area (Å²) in [6.07, 6.45) is -1.99. The Morgan fingerprint density at radius 3 is 1.82 bits per heavy atom. The first-order chi connectivity index (χ1) is 25.1. The number of morpholine rings is 1. The predicted octanol–water partition coefficient (Wildman–Crippen LogP) is -10.7. The van der Waals surface area contributed by atoms with Crippen LogP contribution < -0.4 is 16.1 Å². The van der Waals surface area contributed by atoms with E-state index < -0.39 is 139 Å². The lowest BCUT2D eigenvalue weighted by atomic mass is 9.87. The van der Waals surface area contributed by atoms with Crippen molar-refractivity contribution in [3.8, 4) is 23.0 Å². The van der Waals surface area contributed by atoms with Crippen LogP contribution >= 0.6 is 0 Å². The Labute approximate surface area is 310 Å². The summed E-state index contributed by atoms with van der Waals surface area (Å²) >= 11 is 0. The number of halogens is 1. The number of benzene rings is 2. The molecular weight excluding hydrogens is 778 g/mol. The third-order valence-corrected chi connectivity index (χ3v) is 8.66. The normalized spacial score (nSPS) is 19.3. The Bertz CT molecular complexity index is 1900. The molecule has 1 atom stereocenters. The number of phenolic OH excluding ortho intramolecular Hbond substituents is 4. The van der Waals surface area contributed by atoms with Gasteiger partial charge in [0.05, 0.1) is 22.4 Å². The van der Waals surface area contributed by atoms with Gasteiger partial charge in [0, 0.05) is 19.9 Å². The zero-order valence-corrected chi connectivity index (χ0v) is 28.5. The molecule has 56 heavy (non-hydrogen) atoms. The number of anilines is 1. The molecule has 1 fully saturated rings. The number of amides is 1. The van der Waals surface area contributed by atoms with Gasteiger partial charge < -0.3 is 112 Å². The quantitative estimate of drug-likeness (QED) is 0.0293. The molecular formula is C27H36BFN4O23. The molecule has 1 aliphatic rings. The Balaban J connectivity index is 2.43. The van der Waals surface area contributed by atoms with Crippen LogP contribution in [-0.2, 0) is 32.1 Å². The molecule has 3 rings (SSSR count). The third-order valence-electron chi connectivity index (χ3n) is 8.66. The first-order valence-electron chi connectivity index (χ1n) is 15.0. The van der Waals surface area contributed by atoms with Crippen LogP contribution in [0.2, 0.25) is 0 Å². The van der Waals surface area contributed by atoms with Gasteiger partial charge in [0.25, 0.3) is 23.6 Å². The summed E-state index contributed by atoms with van der Waals surface area (Å²) in [7, 11) is 2.04. The van der Waals surface area contributed by atoms with Crippen molar-refractivity contribution in [1.29, 1.82) is 0 Å². The molecule has 1 amide bonds. The molecule has 29 heteroatoms. The lowest BCUT2D eigenvalue weighted by Gasteiger charge is -2.57. The van der Waals surface area contributed by atoms with Crippen LogP contribution in [0.3, 0.4) is 0 Å². The number of hydrogen-bond acceptors (Lipinski definition) is 26. The smallest absolute Gasteiger partial charge is 0.356 e. The van der Waals surface area contributed by atoms with Gasteiger partial charge in [-0.2, -0.15) is 0 Å². The maximum absolute atomic E-state index is 15.8. The number of aliphatic hydroxyl groups is 15. The fourth-order valence-corrected chi connectivity index (χ4v) is 5.63. The van der Waals surface area contributed by atoms with Gasteiger partial charge in [-0.25, -0.2) is 9.29 Å². The van der Waals surface area contributed by atoms with Crippen LogP contribution in [0.4, 0.5) is 10.1 Å². The molecule has 2 aromatic carbocycles. The highest BCUT2D eigenvalue weighted by atomic mass is 19.1. The van der Waals surface area contributed by atoms with E-state index in [0.29, 0.717) is 14.9 Å². The van der Waals surface area contributed by atoms with E-state index in [9.17, 15) is 111 Å². The van der Waals surface area contributed by atoms with Crippen molar-refractivity contribution in [1.82, 2.24) is 15.1 Å². The van der Waals surface area contributed by atoms with E-state index in [1.54, 1.807) is 0 Å². The largest absolute Gasteiger partial charge is 0.507 e. The molecule has 0 aromatic heterocycles. The summed E-state index contributed by atoms with van der Waals surface area (Å²) in [5.74, 6) is -44.7. The zero-order chi connectivity index (χ0) is 43.7. The van der Waals surface area contributed by atoms with E-state index >= 15 is 4.39 Å². The molecule has 2 aromatic rings. The molecule has 1 aliphatic heterocycles. The Morgan fingerprint density at radius 2 is 1.38 bits per heavy atom. The standard InChI is InChI=1S/C27H36BFN4O23/c1-30-19(40)20(41,4-3-5-34)32(2)23(46,47)11-8(7-35)15(36)18(39)17(38)14(11)31-21(42,43)12-13(29)10(28)6-9(16(12)37)22(44,45)33-24(48,49)26(52,53)56-27(54,55)25(33,50)51/h5-7,31,36-39,41-55H,3-4,28H2,1-2H3,(H,30,40). The van der Waals surface area contributed by atoms with Crippen molar-refractivity contribution >= 4 is 37.5 Å². The zero-order valence-electron chi connectivity index (χ0n) is 28.5. The Morgan fingerprint density at radius 1 is 0.875 bits per heavy atom. The number of phenols is 4. The number of nitrogens with one attached hydrogen (secondary N) is 2. The minimum absolute atomic E-state index is 0.0406. The van der Waals surface area contributed by atoms with Crippen LogP contribution in [0.15, 0.2) is 6.07 Å². The summed E-state index contributed by atoms with van der Waals surface area (Å²) in [5.41, 5.74) is -13.5. The third kappa shape index (κ3) is 6.74. The molecule has 1 heterocycles. The number of hydrogen-bond donors (Lipinski definition) is 21. The van der Waals surface area contributed by atoms with Gasteiger partial charge in [-0.3, -0.25) is 14.3 Å². The van der Waals surface area contributed by atoms with Crippen LogP contribution in [0.25, 0.3) is 0 Å². The molecule has 312 valence electrons. The number of likely N-dealkylation sites (N-methyl/N-ethyl adjacent to an activating group) is 2. The van der Waals surface area contributed by atoms with Crippen molar-refractivity contribution in [3.63, 3.8) is 0 Å². The molecule has 0 spiro atoms. The number of nitrogens with zero attached hydrogens (tertiary/aromatic N) is 2. The minimum Gasteiger partial charge on any atom is -0.507 e. The molecule has 0 saturated carbocycles. The lowest BCUT2D eigenvalue weighted by Crippen LogP contribution is -2.87. The molecule has 1 unspecified atom stereocenters. The summed E-state index contributed by atoms with van der Waals surface area (Å²) in [6.45, 7) is 0. The van der Waals surface area contributed by atoms with E-state index in [-0.39, 0.29) is 17.3 Å². The molecule has 27 nitrogen and oxygen atoms in total. The summed E-state index contributed by atoms with van der Waals surface area (Å²) < 4.78 is 19.4. The second-order valence-corrected chi connectivity index (χ2v) is 12.3. The summed E-state index contributed by atoms with van der Waals surface area (Å²) in [6, 6.07) is 0.0406. The maximum Gasteiger partial charge on any atom is 0.356 e. The van der Waals surface area contributed by atoms with E-state index in [4.69, 9.17) is 0 Å². The highest BCUT2D eigenvalue weighted by Gasteiger charge is 2.79. The van der Waals surface area contributed by atoms with Crippen LogP contribution in [0.5, 0.6) is 23.0 Å². The lowest BCUT2D eigenvalue weighted by molar-refractivity contribution is -0.682. The second-order valence-electron chi connectivity index (χ2n) is 12.3. The van der Waals surface area contributed by atoms with Crippen LogP contribution in [0.1, 0.15) is 39.9 Å². The first kappa shape index (κ1) is 45.9. The van der Waals surface area contributed by atoms with Gasteiger partial charge in [-0.1, -0.05) is 11.5 Å². The number of ether oxygens (including phenoxy) is 1. The maximum atomic E-state index is 15.8. The van der Waals surface area contributed by atoms with Gasteiger partial charge in [-0.15, -0.1) is 4.90 Å². The number of rotatable bonds is 13. The topological polar surface area (TPSA) is 475 Å². The van der Waals surface area contributed by atoms with E-state index in [0.717, 1.165) is 7.05 Å². The number of carbonyl (C=O) groups excluding carboxylic acids is 3. The summed E-state index contributed by atoms with van der Waals surface area (Å²) in [5, 5.41) is 205. The van der Waals surface area contributed by atoms with Crippen molar-refractivity contribution in [2.75, 3.05) is 19.4 Å². The van der Waals surface area contributed by atoms with Gasteiger partial charge in [0.15, 0.2) is 17.8 Å². The van der Waals surface area contributed by atoms with Crippen molar-refractivity contribution in [3.05, 3.63) is 34.1 Å². The van der Waals surface area contributed by atoms with E-state index in [1.807, 2.05) is 5.32 Å². The fourth-order valence-electron chi connectivity index (χ4n) is 5.63. The number of carbonyl (C=O) groups is 3. The Hall–Kier alpha value is -4.48. The highest BCUT2D eigenvalue weighted by Crippen LogP contribution is 2.53. The SMILES string of the molecule is Bc1cc(C(O)(O)N2C(O)(O)C(O)(O)OC(O)(O)C2(O)O)c(O)c(C(O)(O)Nc2c(O)c(O)c(O)c(C=O)c2C(O)(O)N(C)C(O)(CCC=O)C(=O)NC)c1F. The minimum atomic E-state index is -5.03. The average molecular weight is 814 g/mol. The Kier molecular flexibility index (Phi) is 11.6. The molecule has 1 saturated heterocycles. The molecule has 0 bridgehead atoms. The van der Waals surface area contributed by atoms with E-state index in [2.05, 4.69) is 4.74 Å². The highest BCUT2D eigenvalue weighted by molar-refractivity contribution is 6.32. The van der Waals surface area contributed by atoms with Gasteiger partial charge in [0.1, 0.15) is 31.3 Å². The van der Waals surface area contributed by atoms with Crippen molar-refractivity contribution < 1.29 is 121 Å². The first-order valence-corrected chi connectivity index (χ1v) is 15.0. The average Bonchev–Trinajstić information content (AvgIpc) is 3.06.